The molecule has 7 nitrogen and oxygen atoms in total. The van der Waals surface area contributed by atoms with Crippen molar-refractivity contribution in [2.45, 2.75) is 27.4 Å². The van der Waals surface area contributed by atoms with Crippen LogP contribution in [-0.2, 0) is 16.2 Å². The summed E-state index contributed by atoms with van der Waals surface area (Å²) in [5.41, 5.74) is 6.04. The average Bonchev–Trinajstić information content (AvgIpc) is 2.82. The third-order valence-electron chi connectivity index (χ3n) is 4.97. The molecule has 3 rings (SSSR count). The van der Waals surface area contributed by atoms with Crippen LogP contribution in [0.1, 0.15) is 29.2 Å². The number of carbonyl (C=O) groups is 2. The van der Waals surface area contributed by atoms with Crippen molar-refractivity contribution in [2.24, 2.45) is 5.10 Å². The quantitative estimate of drug-likeness (QED) is 0.208. The number of nitrogens with zero attached hydrogens (tertiary/aromatic N) is 1. The highest BCUT2D eigenvalue weighted by Crippen LogP contribution is 2.37. The Morgan fingerprint density at radius 3 is 2.43 bits per heavy atom. The molecule has 0 aromatic heterocycles. The van der Waals surface area contributed by atoms with Gasteiger partial charge in [0.05, 0.1) is 17.3 Å². The zero-order valence-electron chi connectivity index (χ0n) is 19.5. The second kappa shape index (κ2) is 12.4. The minimum Gasteiger partial charge on any atom is -0.490 e. The standard InChI is InChI=1S/C26H25BrClN3O4/c1-4-34-22-13-18(12-20(27)24(22)35-15-19-10-5-6-11-21(19)28)14-29-31-26(33)25(32)30-23-16(2)8-7-9-17(23)3/h5-14H,4,15H2,1-3H3,(H,30,32)(H,31,33)/b29-14+. The van der Waals surface area contributed by atoms with Crippen LogP contribution in [0.3, 0.4) is 0 Å². The van der Waals surface area contributed by atoms with Crippen LogP contribution >= 0.6 is 27.5 Å². The smallest absolute Gasteiger partial charge is 0.329 e. The molecule has 3 aromatic rings. The highest BCUT2D eigenvalue weighted by Gasteiger charge is 2.16. The molecule has 9 heteroatoms. The van der Waals surface area contributed by atoms with Crippen LogP contribution in [0.25, 0.3) is 0 Å². The Hall–Kier alpha value is -3.36. The van der Waals surface area contributed by atoms with E-state index in [1.807, 2.05) is 57.2 Å². The topological polar surface area (TPSA) is 89.0 Å². The normalized spacial score (nSPS) is 10.8. The Kier molecular flexibility index (Phi) is 9.28. The van der Waals surface area contributed by atoms with Crippen LogP contribution in [0.2, 0.25) is 5.02 Å². The van der Waals surface area contributed by atoms with E-state index in [4.69, 9.17) is 21.1 Å². The number of ether oxygens (including phenoxy) is 2. The summed E-state index contributed by atoms with van der Waals surface area (Å²) in [5.74, 6) is -0.679. The summed E-state index contributed by atoms with van der Waals surface area (Å²) in [6.07, 6.45) is 1.41. The molecule has 0 atom stereocenters. The highest BCUT2D eigenvalue weighted by molar-refractivity contribution is 9.10. The van der Waals surface area contributed by atoms with E-state index < -0.39 is 11.8 Å². The predicted octanol–water partition coefficient (Wildman–Crippen LogP) is 5.79. The minimum atomic E-state index is -0.882. The van der Waals surface area contributed by atoms with Gasteiger partial charge in [-0.2, -0.15) is 5.10 Å². The lowest BCUT2D eigenvalue weighted by atomic mass is 10.1. The van der Waals surface area contributed by atoms with Crippen LogP contribution in [0.15, 0.2) is 64.2 Å². The Labute approximate surface area is 217 Å². The molecule has 0 heterocycles. The van der Waals surface area contributed by atoms with Crippen molar-refractivity contribution in [3.05, 3.63) is 86.3 Å². The highest BCUT2D eigenvalue weighted by atomic mass is 79.9. The van der Waals surface area contributed by atoms with Crippen molar-refractivity contribution in [3.63, 3.8) is 0 Å². The Balaban J connectivity index is 1.68. The number of aryl methyl sites for hydroxylation is 2. The number of para-hydroxylation sites is 1. The number of hydrogen-bond donors (Lipinski definition) is 2. The second-order valence-electron chi connectivity index (χ2n) is 7.56. The predicted molar refractivity (Wildman–Crippen MR) is 141 cm³/mol. The van der Waals surface area contributed by atoms with Gasteiger partial charge >= 0.3 is 11.8 Å². The SMILES string of the molecule is CCOc1cc(/C=N/NC(=O)C(=O)Nc2c(C)cccc2C)cc(Br)c1OCc1ccccc1Cl. The van der Waals surface area contributed by atoms with E-state index in [9.17, 15) is 9.59 Å². The third-order valence-corrected chi connectivity index (χ3v) is 5.92. The number of benzene rings is 3. The molecular weight excluding hydrogens is 534 g/mol. The maximum atomic E-state index is 12.3. The second-order valence-corrected chi connectivity index (χ2v) is 8.82. The Morgan fingerprint density at radius 2 is 1.74 bits per heavy atom. The molecule has 0 unspecified atom stereocenters. The van der Waals surface area contributed by atoms with Gasteiger partial charge in [-0.3, -0.25) is 9.59 Å². The number of hydrogen-bond acceptors (Lipinski definition) is 5. The fourth-order valence-electron chi connectivity index (χ4n) is 3.23. The fourth-order valence-corrected chi connectivity index (χ4v) is 3.99. The molecule has 182 valence electrons. The number of nitrogens with one attached hydrogen (secondary N) is 2. The molecule has 0 aliphatic carbocycles. The van der Waals surface area contributed by atoms with Crippen molar-refractivity contribution in [3.8, 4) is 11.5 Å². The van der Waals surface area contributed by atoms with Crippen molar-refractivity contribution in [2.75, 3.05) is 11.9 Å². The van der Waals surface area contributed by atoms with E-state index in [1.165, 1.54) is 6.21 Å². The van der Waals surface area contributed by atoms with E-state index in [1.54, 1.807) is 18.2 Å². The van der Waals surface area contributed by atoms with Gasteiger partial charge in [-0.15, -0.1) is 0 Å². The lowest BCUT2D eigenvalue weighted by Gasteiger charge is -2.15. The minimum absolute atomic E-state index is 0.261. The molecule has 2 N–H and O–H groups in total. The van der Waals surface area contributed by atoms with Gasteiger partial charge in [-0.25, -0.2) is 5.43 Å². The summed E-state index contributed by atoms with van der Waals surface area (Å²) < 4.78 is 12.3. The molecule has 0 saturated heterocycles. The fraction of sp³-hybridized carbons (Fsp3) is 0.192. The van der Waals surface area contributed by atoms with Crippen LogP contribution < -0.4 is 20.2 Å². The molecule has 35 heavy (non-hydrogen) atoms. The first-order valence-corrected chi connectivity index (χ1v) is 12.0. The molecule has 0 spiro atoms. The summed E-state index contributed by atoms with van der Waals surface area (Å²) in [4.78, 5) is 24.5. The van der Waals surface area contributed by atoms with E-state index in [0.717, 1.165) is 16.7 Å². The van der Waals surface area contributed by atoms with Crippen LogP contribution in [0, 0.1) is 13.8 Å². The number of carbonyl (C=O) groups excluding carboxylic acids is 2. The summed E-state index contributed by atoms with van der Waals surface area (Å²) in [6.45, 7) is 6.26. The van der Waals surface area contributed by atoms with Gasteiger partial charge in [0.2, 0.25) is 0 Å². The molecule has 0 fully saturated rings. The van der Waals surface area contributed by atoms with E-state index in [-0.39, 0.29) is 6.61 Å². The number of rotatable bonds is 8. The van der Waals surface area contributed by atoms with E-state index in [0.29, 0.717) is 38.9 Å². The molecule has 2 amide bonds. The number of amides is 2. The zero-order chi connectivity index (χ0) is 25.4. The van der Waals surface area contributed by atoms with Gasteiger partial charge in [-0.05, 0) is 71.6 Å². The third kappa shape index (κ3) is 7.07. The average molecular weight is 559 g/mol. The summed E-state index contributed by atoms with van der Waals surface area (Å²) in [7, 11) is 0. The number of anilines is 1. The van der Waals surface area contributed by atoms with Gasteiger partial charge in [0.15, 0.2) is 11.5 Å². The van der Waals surface area contributed by atoms with Gasteiger partial charge in [0, 0.05) is 16.3 Å². The largest absolute Gasteiger partial charge is 0.490 e. The molecule has 0 bridgehead atoms. The molecule has 0 radical (unpaired) electrons. The number of hydrazone groups is 1. The van der Waals surface area contributed by atoms with Gasteiger partial charge < -0.3 is 14.8 Å². The summed E-state index contributed by atoms with van der Waals surface area (Å²) >= 11 is 9.72. The van der Waals surface area contributed by atoms with E-state index in [2.05, 4.69) is 31.8 Å². The van der Waals surface area contributed by atoms with Gasteiger partial charge in [-0.1, -0.05) is 48.0 Å². The molecular formula is C26H25BrClN3O4. The maximum absolute atomic E-state index is 12.3. The zero-order valence-corrected chi connectivity index (χ0v) is 21.9. The van der Waals surface area contributed by atoms with Gasteiger partial charge in [0.1, 0.15) is 6.61 Å². The lowest BCUT2D eigenvalue weighted by Crippen LogP contribution is -2.32. The maximum Gasteiger partial charge on any atom is 0.329 e. The number of halogens is 2. The van der Waals surface area contributed by atoms with Crippen LogP contribution in [0.5, 0.6) is 11.5 Å². The first-order valence-electron chi connectivity index (χ1n) is 10.8. The van der Waals surface area contributed by atoms with Crippen LogP contribution in [0.4, 0.5) is 5.69 Å². The lowest BCUT2D eigenvalue weighted by molar-refractivity contribution is -0.136. The molecule has 0 saturated carbocycles. The molecule has 0 aliphatic rings. The Morgan fingerprint density at radius 1 is 1.03 bits per heavy atom. The van der Waals surface area contributed by atoms with E-state index >= 15 is 0 Å². The van der Waals surface area contributed by atoms with Crippen LogP contribution in [-0.4, -0.2) is 24.6 Å². The molecule has 3 aromatic carbocycles. The van der Waals surface area contributed by atoms with Crippen molar-refractivity contribution < 1.29 is 19.1 Å². The first-order chi connectivity index (χ1) is 16.8. The van der Waals surface area contributed by atoms with Crippen molar-refractivity contribution in [1.29, 1.82) is 0 Å². The molecule has 0 aliphatic heterocycles. The summed E-state index contributed by atoms with van der Waals surface area (Å²) in [6, 6.07) is 16.5. The monoisotopic (exact) mass is 557 g/mol. The summed E-state index contributed by atoms with van der Waals surface area (Å²) in [5, 5.41) is 7.14. The van der Waals surface area contributed by atoms with Crippen molar-refractivity contribution in [1.82, 2.24) is 5.43 Å². The Bertz CT molecular complexity index is 1240. The van der Waals surface area contributed by atoms with Gasteiger partial charge in [0.25, 0.3) is 0 Å². The first kappa shape index (κ1) is 26.2. The van der Waals surface area contributed by atoms with Crippen molar-refractivity contribution >= 4 is 51.2 Å².